The number of carbonyl (C=O) groups excluding carboxylic acids is 1. The van der Waals surface area contributed by atoms with E-state index >= 15 is 0 Å². The molecule has 0 radical (unpaired) electrons. The number of hydrogen-bond donors (Lipinski definition) is 1. The van der Waals surface area contributed by atoms with Gasteiger partial charge in [-0.3, -0.25) is 14.9 Å². The van der Waals surface area contributed by atoms with E-state index in [-0.39, 0.29) is 18.7 Å². The topological polar surface area (TPSA) is 92.9 Å². The summed E-state index contributed by atoms with van der Waals surface area (Å²) < 4.78 is 18.2. The number of benzene rings is 1. The van der Waals surface area contributed by atoms with Crippen molar-refractivity contribution in [3.8, 4) is 0 Å². The average molecular weight is 286 g/mol. The predicted molar refractivity (Wildman–Crippen MR) is 67.9 cm³/mol. The second-order valence-electron chi connectivity index (χ2n) is 4.22. The zero-order valence-electron chi connectivity index (χ0n) is 11.1. The Bertz CT molecular complexity index is 509. The number of nitro benzene ring substituents is 1. The second-order valence-corrected chi connectivity index (χ2v) is 4.22. The third-order valence-corrected chi connectivity index (χ3v) is 2.58. The third kappa shape index (κ3) is 3.97. The summed E-state index contributed by atoms with van der Waals surface area (Å²) in [6.07, 6.45) is -0.864. The Kier molecular flexibility index (Phi) is 5.53. The van der Waals surface area contributed by atoms with E-state index in [9.17, 15) is 24.4 Å². The molecule has 8 heteroatoms. The summed E-state index contributed by atoms with van der Waals surface area (Å²) in [5, 5.41) is 20.0. The van der Waals surface area contributed by atoms with Gasteiger partial charge in [0, 0.05) is 32.3 Å². The van der Waals surface area contributed by atoms with Gasteiger partial charge in [-0.1, -0.05) is 0 Å². The van der Waals surface area contributed by atoms with Crippen LogP contribution in [0.5, 0.6) is 0 Å². The molecule has 0 saturated heterocycles. The number of carbonyl (C=O) groups is 1. The second kappa shape index (κ2) is 6.92. The number of nitro groups is 1. The zero-order valence-corrected chi connectivity index (χ0v) is 11.1. The minimum atomic E-state index is -1.08. The molecular weight excluding hydrogens is 271 g/mol. The maximum Gasteiger partial charge on any atom is 0.304 e. The van der Waals surface area contributed by atoms with Crippen LogP contribution >= 0.6 is 0 Å². The van der Waals surface area contributed by atoms with Crippen molar-refractivity contribution in [1.82, 2.24) is 4.90 Å². The van der Waals surface area contributed by atoms with E-state index < -0.39 is 28.4 Å². The fourth-order valence-corrected chi connectivity index (χ4v) is 1.65. The van der Waals surface area contributed by atoms with Gasteiger partial charge in [0.2, 0.25) is 5.82 Å². The van der Waals surface area contributed by atoms with Gasteiger partial charge in [-0.15, -0.1) is 0 Å². The Labute approximate surface area is 114 Å². The van der Waals surface area contributed by atoms with Crippen LogP contribution in [0.2, 0.25) is 0 Å². The van der Waals surface area contributed by atoms with Gasteiger partial charge < -0.3 is 14.7 Å². The van der Waals surface area contributed by atoms with Crippen molar-refractivity contribution < 1.29 is 24.0 Å². The van der Waals surface area contributed by atoms with Gasteiger partial charge >= 0.3 is 5.69 Å². The van der Waals surface area contributed by atoms with Gasteiger partial charge in [-0.25, -0.2) is 0 Å². The lowest BCUT2D eigenvalue weighted by atomic mass is 10.1. The van der Waals surface area contributed by atoms with Gasteiger partial charge in [0.25, 0.3) is 5.91 Å². The molecule has 0 heterocycles. The number of methoxy groups -OCH3 is 1. The fraction of sp³-hybridized carbons (Fsp3) is 0.417. The van der Waals surface area contributed by atoms with Gasteiger partial charge in [-0.2, -0.15) is 4.39 Å². The molecule has 1 amide bonds. The summed E-state index contributed by atoms with van der Waals surface area (Å²) in [7, 11) is 2.84. The molecule has 0 aliphatic heterocycles. The number of rotatable bonds is 6. The Hall–Kier alpha value is -2.06. The van der Waals surface area contributed by atoms with Crippen LogP contribution in [-0.4, -0.2) is 54.3 Å². The normalized spacial score (nSPS) is 12.0. The largest absolute Gasteiger partial charge is 0.389 e. The molecule has 20 heavy (non-hydrogen) atoms. The van der Waals surface area contributed by atoms with Crippen molar-refractivity contribution >= 4 is 11.6 Å². The number of aliphatic hydroxyl groups excluding tert-OH is 1. The van der Waals surface area contributed by atoms with Gasteiger partial charge in [0.15, 0.2) is 0 Å². The summed E-state index contributed by atoms with van der Waals surface area (Å²) in [5.41, 5.74) is -0.719. The molecule has 0 bridgehead atoms. The summed E-state index contributed by atoms with van der Waals surface area (Å²) in [4.78, 5) is 22.8. The summed E-state index contributed by atoms with van der Waals surface area (Å²) in [5.74, 6) is -1.62. The van der Waals surface area contributed by atoms with Crippen LogP contribution in [0, 0.1) is 15.9 Å². The highest BCUT2D eigenvalue weighted by atomic mass is 19.1. The van der Waals surface area contributed by atoms with Gasteiger partial charge in [0.1, 0.15) is 0 Å². The van der Waals surface area contributed by atoms with Crippen LogP contribution in [0.15, 0.2) is 18.2 Å². The summed E-state index contributed by atoms with van der Waals surface area (Å²) in [6, 6.07) is 2.91. The first-order valence-electron chi connectivity index (χ1n) is 5.73. The fourth-order valence-electron chi connectivity index (χ4n) is 1.65. The molecule has 1 unspecified atom stereocenters. The smallest absolute Gasteiger partial charge is 0.304 e. The molecule has 0 aromatic heterocycles. The first-order valence-corrected chi connectivity index (χ1v) is 5.73. The first kappa shape index (κ1) is 16.0. The van der Waals surface area contributed by atoms with Crippen LogP contribution in [0.4, 0.5) is 10.1 Å². The number of amides is 1. The number of aliphatic hydroxyl groups is 1. The van der Waals surface area contributed by atoms with Crippen LogP contribution in [0.25, 0.3) is 0 Å². The molecule has 1 atom stereocenters. The van der Waals surface area contributed by atoms with Crippen molar-refractivity contribution in [3.63, 3.8) is 0 Å². The van der Waals surface area contributed by atoms with Crippen LogP contribution in [-0.2, 0) is 4.74 Å². The van der Waals surface area contributed by atoms with E-state index in [4.69, 9.17) is 4.74 Å². The lowest BCUT2D eigenvalue weighted by Gasteiger charge is -2.20. The van der Waals surface area contributed by atoms with E-state index in [1.54, 1.807) is 0 Å². The Morgan fingerprint density at radius 2 is 2.25 bits per heavy atom. The minimum absolute atomic E-state index is 0.00524. The van der Waals surface area contributed by atoms with Crippen LogP contribution in [0.3, 0.4) is 0 Å². The van der Waals surface area contributed by atoms with Crippen molar-refractivity contribution in [2.45, 2.75) is 6.10 Å². The first-order chi connectivity index (χ1) is 9.36. The summed E-state index contributed by atoms with van der Waals surface area (Å²) in [6.45, 7) is 0.0670. The molecule has 7 nitrogen and oxygen atoms in total. The Morgan fingerprint density at radius 3 is 2.75 bits per heavy atom. The molecule has 1 aromatic carbocycles. The molecule has 1 aromatic rings. The Morgan fingerprint density at radius 1 is 1.60 bits per heavy atom. The minimum Gasteiger partial charge on any atom is -0.389 e. The lowest BCUT2D eigenvalue weighted by Crippen LogP contribution is -2.36. The number of likely N-dealkylation sites (N-methyl/N-ethyl adjacent to an activating group) is 1. The maximum atomic E-state index is 13.4. The van der Waals surface area contributed by atoms with E-state index in [0.717, 1.165) is 12.1 Å². The number of nitrogens with zero attached hydrogens (tertiary/aromatic N) is 2. The monoisotopic (exact) mass is 286 g/mol. The average Bonchev–Trinajstić information content (AvgIpc) is 2.37. The molecular formula is C12H15FN2O5. The molecule has 0 spiro atoms. The van der Waals surface area contributed by atoms with Crippen molar-refractivity contribution in [2.75, 3.05) is 27.3 Å². The van der Waals surface area contributed by atoms with Gasteiger partial charge in [0.05, 0.1) is 17.6 Å². The Balaban J connectivity index is 2.82. The van der Waals surface area contributed by atoms with Crippen molar-refractivity contribution in [3.05, 3.63) is 39.7 Å². The predicted octanol–water partition coefficient (Wildman–Crippen LogP) is 0.813. The van der Waals surface area contributed by atoms with Gasteiger partial charge in [-0.05, 0) is 12.1 Å². The third-order valence-electron chi connectivity index (χ3n) is 2.58. The SMILES string of the molecule is COCC(O)CN(C)C(=O)c1ccc([N+](=O)[O-])c(F)c1. The maximum absolute atomic E-state index is 13.4. The molecule has 0 fully saturated rings. The van der Waals surface area contributed by atoms with E-state index in [1.165, 1.54) is 25.1 Å². The van der Waals surface area contributed by atoms with Crippen molar-refractivity contribution in [1.29, 1.82) is 0 Å². The molecule has 110 valence electrons. The molecule has 0 aliphatic rings. The number of halogens is 1. The highest BCUT2D eigenvalue weighted by molar-refractivity contribution is 5.94. The molecule has 1 rings (SSSR count). The molecule has 0 aliphatic carbocycles. The lowest BCUT2D eigenvalue weighted by molar-refractivity contribution is -0.387. The standard InChI is InChI=1S/C12H15FN2O5/c1-14(6-9(16)7-20-2)12(17)8-3-4-11(15(18)19)10(13)5-8/h3-5,9,16H,6-7H2,1-2H3. The van der Waals surface area contributed by atoms with E-state index in [0.29, 0.717) is 0 Å². The zero-order chi connectivity index (χ0) is 15.3. The van der Waals surface area contributed by atoms with Crippen molar-refractivity contribution in [2.24, 2.45) is 0 Å². The number of ether oxygens (including phenoxy) is 1. The highest BCUT2D eigenvalue weighted by Crippen LogP contribution is 2.18. The van der Waals surface area contributed by atoms with E-state index in [2.05, 4.69) is 0 Å². The van der Waals surface area contributed by atoms with Crippen LogP contribution in [0.1, 0.15) is 10.4 Å². The molecule has 1 N–H and O–H groups in total. The quantitative estimate of drug-likeness (QED) is 0.617. The number of hydrogen-bond acceptors (Lipinski definition) is 5. The van der Waals surface area contributed by atoms with Crippen LogP contribution < -0.4 is 0 Å². The molecule has 0 saturated carbocycles. The van der Waals surface area contributed by atoms with E-state index in [1.807, 2.05) is 0 Å². The summed E-state index contributed by atoms with van der Waals surface area (Å²) >= 11 is 0. The highest BCUT2D eigenvalue weighted by Gasteiger charge is 2.20.